The van der Waals surface area contributed by atoms with Crippen molar-refractivity contribution in [3.8, 4) is 0 Å². The number of piperazine rings is 1. The molecule has 0 atom stereocenters. The fourth-order valence-corrected chi connectivity index (χ4v) is 4.60. The van der Waals surface area contributed by atoms with Crippen LogP contribution in [-0.2, 0) is 21.0 Å². The molecule has 0 radical (unpaired) electrons. The van der Waals surface area contributed by atoms with Crippen LogP contribution in [0, 0.1) is 0 Å². The SMILES string of the molecule is O=C(C=Cc1ccc(S(=O)(=O)N2CCN(c3cccc(C(F)(F)F)c3)CC2)cc1)NO. The number of rotatable bonds is 5. The fraction of sp³-hybridized carbons (Fsp3) is 0.250. The Morgan fingerprint density at radius 3 is 2.26 bits per heavy atom. The lowest BCUT2D eigenvalue weighted by molar-refractivity contribution is -0.137. The summed E-state index contributed by atoms with van der Waals surface area (Å²) < 4.78 is 65.9. The minimum atomic E-state index is -4.44. The Bertz CT molecular complexity index is 1060. The summed E-state index contributed by atoms with van der Waals surface area (Å²) in [7, 11) is -3.77. The highest BCUT2D eigenvalue weighted by Gasteiger charge is 2.32. The average Bonchev–Trinajstić information content (AvgIpc) is 2.77. The number of sulfonamides is 1. The number of benzene rings is 2. The predicted octanol–water partition coefficient (Wildman–Crippen LogP) is 2.73. The Kier molecular flexibility index (Phi) is 6.68. The number of carbonyl (C=O) groups is 1. The number of nitrogens with one attached hydrogen (secondary N) is 1. The van der Waals surface area contributed by atoms with E-state index in [0.29, 0.717) is 11.3 Å². The van der Waals surface area contributed by atoms with Gasteiger partial charge < -0.3 is 4.90 Å². The second-order valence-electron chi connectivity index (χ2n) is 6.82. The molecule has 7 nitrogen and oxygen atoms in total. The molecule has 0 spiro atoms. The van der Waals surface area contributed by atoms with Crippen molar-refractivity contribution in [3.63, 3.8) is 0 Å². The number of halogens is 3. The first-order chi connectivity index (χ1) is 14.6. The summed E-state index contributed by atoms with van der Waals surface area (Å²) in [5.74, 6) is -0.713. The van der Waals surface area contributed by atoms with E-state index < -0.39 is 27.7 Å². The molecule has 1 fully saturated rings. The molecule has 0 aromatic heterocycles. The van der Waals surface area contributed by atoms with Crippen molar-refractivity contribution in [3.05, 3.63) is 65.7 Å². The van der Waals surface area contributed by atoms with Gasteiger partial charge in [-0.2, -0.15) is 17.5 Å². The highest BCUT2D eigenvalue weighted by atomic mass is 32.2. The summed E-state index contributed by atoms with van der Waals surface area (Å²) in [4.78, 5) is 12.8. The highest BCUT2D eigenvalue weighted by molar-refractivity contribution is 7.89. The third-order valence-corrected chi connectivity index (χ3v) is 6.75. The van der Waals surface area contributed by atoms with Gasteiger partial charge in [-0.3, -0.25) is 10.0 Å². The lowest BCUT2D eigenvalue weighted by Crippen LogP contribution is -2.48. The molecular formula is C20H20F3N3O4S. The standard InChI is InChI=1S/C20H20F3N3O4S/c21-20(22,23)16-2-1-3-17(14-16)25-10-12-26(13-11-25)31(29,30)18-7-4-15(5-8-18)6-9-19(27)24-28/h1-9,14,28H,10-13H2,(H,24,27). The van der Waals surface area contributed by atoms with Crippen molar-refractivity contribution >= 4 is 27.7 Å². The average molecular weight is 455 g/mol. The molecule has 11 heteroatoms. The van der Waals surface area contributed by atoms with Crippen LogP contribution >= 0.6 is 0 Å². The Morgan fingerprint density at radius 2 is 1.68 bits per heavy atom. The van der Waals surface area contributed by atoms with Crippen molar-refractivity contribution in [2.24, 2.45) is 0 Å². The van der Waals surface area contributed by atoms with Crippen LogP contribution in [0.1, 0.15) is 11.1 Å². The summed E-state index contributed by atoms with van der Waals surface area (Å²) in [5, 5.41) is 8.46. The topological polar surface area (TPSA) is 90.0 Å². The zero-order valence-corrected chi connectivity index (χ0v) is 17.0. The van der Waals surface area contributed by atoms with Gasteiger partial charge in [0, 0.05) is 37.9 Å². The molecule has 1 aliphatic heterocycles. The van der Waals surface area contributed by atoms with Crippen LogP contribution in [0.2, 0.25) is 0 Å². The number of hydrogen-bond acceptors (Lipinski definition) is 5. The second kappa shape index (κ2) is 9.08. The van der Waals surface area contributed by atoms with Crippen molar-refractivity contribution in [1.29, 1.82) is 0 Å². The molecule has 2 aromatic carbocycles. The third-order valence-electron chi connectivity index (χ3n) is 4.83. The van der Waals surface area contributed by atoms with Gasteiger partial charge >= 0.3 is 6.18 Å². The molecule has 2 aromatic rings. The minimum Gasteiger partial charge on any atom is -0.369 e. The van der Waals surface area contributed by atoms with Crippen LogP contribution in [0.15, 0.2) is 59.5 Å². The maximum atomic E-state index is 12.9. The Balaban J connectivity index is 1.67. The van der Waals surface area contributed by atoms with Crippen molar-refractivity contribution in [1.82, 2.24) is 9.79 Å². The Labute approximate surface area is 177 Å². The van der Waals surface area contributed by atoms with E-state index >= 15 is 0 Å². The first-order valence-corrected chi connectivity index (χ1v) is 10.7. The van der Waals surface area contributed by atoms with Crippen LogP contribution in [0.5, 0.6) is 0 Å². The minimum absolute atomic E-state index is 0.0729. The monoisotopic (exact) mass is 455 g/mol. The van der Waals surface area contributed by atoms with E-state index in [9.17, 15) is 26.4 Å². The molecule has 2 N–H and O–H groups in total. The summed E-state index contributed by atoms with van der Waals surface area (Å²) in [6.45, 7) is 0.795. The van der Waals surface area contributed by atoms with Gasteiger partial charge in [-0.1, -0.05) is 18.2 Å². The molecule has 1 aliphatic rings. The van der Waals surface area contributed by atoms with E-state index in [1.807, 2.05) is 0 Å². The summed E-state index contributed by atoms with van der Waals surface area (Å²) >= 11 is 0. The van der Waals surface area contributed by atoms with Crippen LogP contribution in [0.4, 0.5) is 18.9 Å². The summed E-state index contributed by atoms with van der Waals surface area (Å²) in [5.41, 5.74) is 1.67. The van der Waals surface area contributed by atoms with Gasteiger partial charge in [0.15, 0.2) is 0 Å². The number of hydrogen-bond donors (Lipinski definition) is 2. The van der Waals surface area contributed by atoms with Crippen LogP contribution < -0.4 is 10.4 Å². The molecule has 31 heavy (non-hydrogen) atoms. The molecular weight excluding hydrogens is 435 g/mol. The van der Waals surface area contributed by atoms with Crippen LogP contribution in [-0.4, -0.2) is 50.0 Å². The first-order valence-electron chi connectivity index (χ1n) is 9.26. The number of amides is 1. The first kappa shape index (κ1) is 22.8. The molecule has 1 amide bonds. The highest BCUT2D eigenvalue weighted by Crippen LogP contribution is 2.32. The normalized spacial score (nSPS) is 15.9. The maximum absolute atomic E-state index is 12.9. The van der Waals surface area contributed by atoms with Gasteiger partial charge in [-0.05, 0) is 42.0 Å². The van der Waals surface area contributed by atoms with Crippen molar-refractivity contribution in [2.45, 2.75) is 11.1 Å². The number of carbonyl (C=O) groups excluding carboxylic acids is 1. The predicted molar refractivity (Wildman–Crippen MR) is 108 cm³/mol. The molecule has 1 saturated heterocycles. The van der Waals surface area contributed by atoms with Gasteiger partial charge in [0.2, 0.25) is 10.0 Å². The Hall–Kier alpha value is -2.89. The molecule has 0 unspecified atom stereocenters. The fourth-order valence-electron chi connectivity index (χ4n) is 3.17. The van der Waals surface area contributed by atoms with E-state index in [2.05, 4.69) is 0 Å². The zero-order chi connectivity index (χ0) is 22.6. The summed E-state index contributed by atoms with van der Waals surface area (Å²) in [6, 6.07) is 10.8. The quantitative estimate of drug-likeness (QED) is 0.411. The largest absolute Gasteiger partial charge is 0.416 e. The van der Waals surface area contributed by atoms with Crippen LogP contribution in [0.25, 0.3) is 6.08 Å². The smallest absolute Gasteiger partial charge is 0.369 e. The zero-order valence-electron chi connectivity index (χ0n) is 16.2. The van der Waals surface area contributed by atoms with E-state index in [0.717, 1.165) is 18.2 Å². The van der Waals surface area contributed by atoms with Gasteiger partial charge in [0.05, 0.1) is 10.5 Å². The molecule has 1 heterocycles. The number of alkyl halides is 3. The van der Waals surface area contributed by atoms with Gasteiger partial charge in [-0.25, -0.2) is 13.9 Å². The molecule has 0 bridgehead atoms. The number of hydroxylamine groups is 1. The van der Waals surface area contributed by atoms with E-state index in [4.69, 9.17) is 5.21 Å². The van der Waals surface area contributed by atoms with Gasteiger partial charge in [0.25, 0.3) is 5.91 Å². The van der Waals surface area contributed by atoms with E-state index in [-0.39, 0.29) is 31.1 Å². The number of nitrogens with zero attached hydrogens (tertiary/aromatic N) is 2. The second-order valence-corrected chi connectivity index (χ2v) is 8.76. The summed E-state index contributed by atoms with van der Waals surface area (Å²) in [6.07, 6.45) is -1.93. The Morgan fingerprint density at radius 1 is 1.03 bits per heavy atom. The third kappa shape index (κ3) is 5.43. The molecule has 3 rings (SSSR count). The molecule has 0 saturated carbocycles. The van der Waals surface area contributed by atoms with Crippen molar-refractivity contribution < 1.29 is 31.6 Å². The van der Waals surface area contributed by atoms with E-state index in [1.54, 1.807) is 11.0 Å². The lowest BCUT2D eigenvalue weighted by atomic mass is 10.1. The van der Waals surface area contributed by atoms with Crippen molar-refractivity contribution in [2.75, 3.05) is 31.1 Å². The molecule has 166 valence electrons. The van der Waals surface area contributed by atoms with E-state index in [1.165, 1.54) is 46.2 Å². The molecule has 0 aliphatic carbocycles. The van der Waals surface area contributed by atoms with Gasteiger partial charge in [-0.15, -0.1) is 0 Å². The van der Waals surface area contributed by atoms with Crippen LogP contribution in [0.3, 0.4) is 0 Å². The lowest BCUT2D eigenvalue weighted by Gasteiger charge is -2.35. The van der Waals surface area contributed by atoms with Gasteiger partial charge in [0.1, 0.15) is 0 Å². The maximum Gasteiger partial charge on any atom is 0.416 e. The number of anilines is 1.